The van der Waals surface area contributed by atoms with Gasteiger partial charge in [-0.15, -0.1) is 0 Å². The van der Waals surface area contributed by atoms with E-state index in [0.717, 1.165) is 6.42 Å². The van der Waals surface area contributed by atoms with Crippen LogP contribution < -0.4 is 11.1 Å². The van der Waals surface area contributed by atoms with E-state index in [0.29, 0.717) is 52.4 Å². The lowest BCUT2D eigenvalue weighted by Crippen LogP contribution is -2.52. The Bertz CT molecular complexity index is 1830. The first-order valence-corrected chi connectivity index (χ1v) is 19.8. The van der Waals surface area contributed by atoms with Crippen LogP contribution >= 0.6 is 58.9 Å². The Kier molecular flexibility index (Phi) is 22.9. The topological polar surface area (TPSA) is 238 Å². The highest BCUT2D eigenvalue weighted by molar-refractivity contribution is 9.10. The number of aliphatic carboxylic acids is 1. The zero-order valence-corrected chi connectivity index (χ0v) is 40.2. The maximum Gasteiger partial charge on any atom is 0.411 e. The van der Waals surface area contributed by atoms with Gasteiger partial charge < -0.3 is 25.6 Å². The molecule has 0 saturated carbocycles. The van der Waals surface area contributed by atoms with Crippen molar-refractivity contribution in [3.05, 3.63) is 76.7 Å². The normalized spacial score (nSPS) is 16.1. The van der Waals surface area contributed by atoms with E-state index < -0.39 is 62.4 Å². The number of nitrogens with one attached hydrogen (secondary N) is 1. The fraction of sp³-hybridized carbons (Fsp3) is 0.590. The molecule has 0 radical (unpaired) electrons. The fourth-order valence-corrected chi connectivity index (χ4v) is 6.68. The maximum absolute atomic E-state index is 12.9. The standard InChI is InChI=1S/C19H26BrN3O5.C10H17NO4.C9H11BrN2O2.CH4.2H2S/c1-18(2,3)28-17(25)22-10-6-7-14(22)16(24)21-19(4,5)13-9-8-12(20)11-15(13)23(26)27;1-10(2,3)15-9(14)11-6-4-5-7(11)8(12)13;1-9(2,11)7-4-3-6(10)5-8(7)12(13)14;;;/h8-9,11,14H,6-7,10H2,1-5H3,(H,21,24);7H,4-6H2,1-3H3,(H,12,13);3-5H,11H2,1-2H3;1H4;2*1H2/t14-;7-;;;;/m00..../s1. The van der Waals surface area contributed by atoms with Crippen molar-refractivity contribution >= 4 is 94.3 Å². The van der Waals surface area contributed by atoms with Crippen LogP contribution in [0.25, 0.3) is 0 Å². The van der Waals surface area contributed by atoms with Crippen LogP contribution in [0, 0.1) is 20.2 Å². The highest BCUT2D eigenvalue weighted by Gasteiger charge is 2.40. The van der Waals surface area contributed by atoms with Crippen LogP contribution in [-0.2, 0) is 30.1 Å². The van der Waals surface area contributed by atoms with Gasteiger partial charge >= 0.3 is 18.2 Å². The Morgan fingerprint density at radius 1 is 0.733 bits per heavy atom. The number of carbonyl (C=O) groups is 4. The van der Waals surface area contributed by atoms with Crippen molar-refractivity contribution < 1.29 is 43.6 Å². The summed E-state index contributed by atoms with van der Waals surface area (Å²) in [6, 6.07) is 8.21. The molecule has 0 bridgehead atoms. The van der Waals surface area contributed by atoms with E-state index in [1.807, 2.05) is 0 Å². The molecule has 0 unspecified atom stereocenters. The Morgan fingerprint density at radius 3 is 1.47 bits per heavy atom. The van der Waals surface area contributed by atoms with Crippen LogP contribution in [0.5, 0.6) is 0 Å². The fourth-order valence-electron chi connectivity index (χ4n) is 5.98. The SMILES string of the molecule is C.CC(C)(C)OC(=O)N1CCC[C@H]1C(=O)NC(C)(C)c1ccc(Br)cc1[N+](=O)[O-].CC(C)(C)OC(=O)N1CCC[C@H]1C(=O)O.CC(C)(N)c1ccc(Br)cc1[N+](=O)[O-].S.S. The number of carboxylic acid groups (broad SMARTS) is 1. The summed E-state index contributed by atoms with van der Waals surface area (Å²) in [7, 11) is 0. The van der Waals surface area contributed by atoms with Crippen molar-refractivity contribution in [2.75, 3.05) is 13.1 Å². The third-order valence-electron chi connectivity index (χ3n) is 8.47. The number of nitrogens with two attached hydrogens (primary N) is 1. The lowest BCUT2D eigenvalue weighted by molar-refractivity contribution is -0.386. The number of nitro groups is 2. The van der Waals surface area contributed by atoms with E-state index in [4.69, 9.17) is 20.3 Å². The molecule has 3 amide bonds. The first-order chi connectivity index (χ1) is 25.9. The summed E-state index contributed by atoms with van der Waals surface area (Å²) < 4.78 is 11.8. The van der Waals surface area contributed by atoms with Crippen molar-refractivity contribution in [2.24, 2.45) is 5.73 Å². The molecule has 2 aromatic rings. The molecule has 4 N–H and O–H groups in total. The number of carbonyl (C=O) groups excluding carboxylic acids is 3. The summed E-state index contributed by atoms with van der Waals surface area (Å²) in [4.78, 5) is 71.8. The zero-order chi connectivity index (χ0) is 43.8. The molecule has 2 aliphatic heterocycles. The molecule has 0 spiro atoms. The van der Waals surface area contributed by atoms with Gasteiger partial charge in [0.05, 0.1) is 20.9 Å². The van der Waals surface area contributed by atoms with E-state index >= 15 is 0 Å². The molecule has 4 rings (SSSR count). The molecule has 17 nitrogen and oxygen atoms in total. The number of halogens is 2. The van der Waals surface area contributed by atoms with Crippen molar-refractivity contribution in [1.82, 2.24) is 15.1 Å². The smallest absolute Gasteiger partial charge is 0.411 e. The molecule has 2 aromatic carbocycles. The lowest BCUT2D eigenvalue weighted by Gasteiger charge is -2.32. The number of carboxylic acids is 1. The van der Waals surface area contributed by atoms with Crippen LogP contribution in [0.2, 0.25) is 0 Å². The Labute approximate surface area is 383 Å². The first-order valence-electron chi connectivity index (χ1n) is 18.2. The number of likely N-dealkylation sites (tertiary alicyclic amines) is 2. The second-order valence-electron chi connectivity index (χ2n) is 16.7. The van der Waals surface area contributed by atoms with E-state index in [1.54, 1.807) is 93.5 Å². The number of nitrogens with zero attached hydrogens (tertiary/aromatic N) is 4. The van der Waals surface area contributed by atoms with Gasteiger partial charge in [-0.25, -0.2) is 14.4 Å². The number of hydrogen-bond acceptors (Lipinski definition) is 11. The van der Waals surface area contributed by atoms with Gasteiger partial charge in [0.1, 0.15) is 23.3 Å². The molecule has 0 aliphatic carbocycles. The Morgan fingerprint density at radius 2 is 1.10 bits per heavy atom. The summed E-state index contributed by atoms with van der Waals surface area (Å²) >= 11 is 6.42. The zero-order valence-electron chi connectivity index (χ0n) is 35.0. The lowest BCUT2D eigenvalue weighted by atomic mass is 9.92. The van der Waals surface area contributed by atoms with E-state index in [9.17, 15) is 39.4 Å². The average molecular weight is 1010 g/mol. The van der Waals surface area contributed by atoms with E-state index in [-0.39, 0.29) is 51.7 Å². The largest absolute Gasteiger partial charge is 0.480 e. The molecule has 340 valence electrons. The third-order valence-corrected chi connectivity index (χ3v) is 9.45. The number of nitro benzene ring substituents is 2. The maximum atomic E-state index is 12.9. The summed E-state index contributed by atoms with van der Waals surface area (Å²) in [6.45, 7) is 18.4. The summed E-state index contributed by atoms with van der Waals surface area (Å²) in [5.74, 6) is -1.32. The molecular formula is C39H62Br2N6O11S2. The van der Waals surface area contributed by atoms with Crippen LogP contribution in [-0.4, -0.2) is 85.2 Å². The summed E-state index contributed by atoms with van der Waals surface area (Å²) in [6.07, 6.45) is 1.37. The minimum Gasteiger partial charge on any atom is -0.480 e. The predicted molar refractivity (Wildman–Crippen MR) is 247 cm³/mol. The highest BCUT2D eigenvalue weighted by Crippen LogP contribution is 2.33. The Balaban J connectivity index is 0. The summed E-state index contributed by atoms with van der Waals surface area (Å²) in [5.41, 5.74) is 3.77. The average Bonchev–Trinajstić information content (AvgIpc) is 3.74. The van der Waals surface area contributed by atoms with Gasteiger partial charge in [0, 0.05) is 45.3 Å². The predicted octanol–water partition coefficient (Wildman–Crippen LogP) is 8.99. The molecule has 2 heterocycles. The van der Waals surface area contributed by atoms with Crippen LogP contribution in [0.1, 0.15) is 113 Å². The number of rotatable bonds is 7. The molecule has 2 atom stereocenters. The Hall–Kier alpha value is -3.66. The number of hydrogen-bond donors (Lipinski definition) is 3. The molecule has 0 aromatic heterocycles. The van der Waals surface area contributed by atoms with Gasteiger partial charge in [-0.3, -0.25) is 34.8 Å². The van der Waals surface area contributed by atoms with Crippen LogP contribution in [0.4, 0.5) is 21.0 Å². The second-order valence-corrected chi connectivity index (χ2v) is 18.5. The first kappa shape index (κ1) is 58.4. The third kappa shape index (κ3) is 17.7. The molecule has 60 heavy (non-hydrogen) atoms. The van der Waals surface area contributed by atoms with Crippen molar-refractivity contribution in [1.29, 1.82) is 0 Å². The van der Waals surface area contributed by atoms with Gasteiger partial charge in [0.2, 0.25) is 5.91 Å². The van der Waals surface area contributed by atoms with Crippen molar-refractivity contribution in [2.45, 2.75) is 137 Å². The minimum atomic E-state index is -0.998. The van der Waals surface area contributed by atoms with Gasteiger partial charge in [-0.05, 0) is 119 Å². The summed E-state index contributed by atoms with van der Waals surface area (Å²) in [5, 5.41) is 33.9. The second kappa shape index (κ2) is 23.5. The van der Waals surface area contributed by atoms with Crippen molar-refractivity contribution in [3.8, 4) is 0 Å². The number of benzene rings is 2. The number of ether oxygens (including phenoxy) is 2. The van der Waals surface area contributed by atoms with E-state index in [1.165, 1.54) is 21.9 Å². The van der Waals surface area contributed by atoms with Gasteiger partial charge in [-0.1, -0.05) is 39.3 Å². The molecule has 21 heteroatoms. The van der Waals surface area contributed by atoms with Gasteiger partial charge in [0.15, 0.2) is 0 Å². The quantitative estimate of drug-likeness (QED) is 0.174. The van der Waals surface area contributed by atoms with E-state index in [2.05, 4.69) is 37.2 Å². The van der Waals surface area contributed by atoms with Crippen LogP contribution in [0.3, 0.4) is 0 Å². The monoisotopic (exact) mass is 1010 g/mol. The van der Waals surface area contributed by atoms with Gasteiger partial charge in [-0.2, -0.15) is 27.0 Å². The van der Waals surface area contributed by atoms with Crippen molar-refractivity contribution in [3.63, 3.8) is 0 Å². The highest BCUT2D eigenvalue weighted by atomic mass is 79.9. The molecule has 2 fully saturated rings. The molecule has 2 saturated heterocycles. The molecular weight excluding hydrogens is 952 g/mol. The van der Waals surface area contributed by atoms with Crippen LogP contribution in [0.15, 0.2) is 45.3 Å². The minimum absolute atomic E-state index is 0. The molecule has 2 aliphatic rings. The number of amides is 3. The van der Waals surface area contributed by atoms with Gasteiger partial charge in [0.25, 0.3) is 11.4 Å².